The van der Waals surface area contributed by atoms with Gasteiger partial charge in [0.2, 0.25) is 5.91 Å². The Balaban J connectivity index is 1.29. The van der Waals surface area contributed by atoms with Gasteiger partial charge in [0.25, 0.3) is 5.91 Å². The molecule has 0 spiro atoms. The first kappa shape index (κ1) is 20.9. The molecule has 30 heavy (non-hydrogen) atoms. The lowest BCUT2D eigenvalue weighted by atomic mass is 9.49. The molecule has 4 fully saturated rings. The number of carbonyl (C=O) groups excluding carboxylic acids is 3. The minimum Gasteiger partial charge on any atom is -0.469 e. The summed E-state index contributed by atoms with van der Waals surface area (Å²) in [5.74, 6) is 1.90. The number of amides is 2. The van der Waals surface area contributed by atoms with E-state index in [1.54, 1.807) is 19.1 Å². The maximum Gasteiger partial charge on any atom is 0.307 e. The predicted octanol–water partition coefficient (Wildman–Crippen LogP) is 3.20. The molecule has 0 heterocycles. The van der Waals surface area contributed by atoms with Gasteiger partial charge in [-0.05, 0) is 80.9 Å². The molecule has 4 bridgehead atoms. The molecule has 2 amide bonds. The molecule has 0 aliphatic heterocycles. The van der Waals surface area contributed by atoms with Crippen LogP contribution in [0.4, 0.5) is 0 Å². The molecule has 2 N–H and O–H groups in total. The first-order valence-electron chi connectivity index (χ1n) is 11.1. The van der Waals surface area contributed by atoms with Gasteiger partial charge >= 0.3 is 5.97 Å². The molecule has 1 aromatic carbocycles. The molecule has 0 aromatic heterocycles. The van der Waals surface area contributed by atoms with Crippen molar-refractivity contribution in [2.24, 2.45) is 23.2 Å². The molecule has 5 rings (SSSR count). The summed E-state index contributed by atoms with van der Waals surface area (Å²) >= 11 is 0. The van der Waals surface area contributed by atoms with Crippen molar-refractivity contribution >= 4 is 17.8 Å². The van der Waals surface area contributed by atoms with Gasteiger partial charge in [-0.1, -0.05) is 12.1 Å². The minimum atomic E-state index is -0.354. The van der Waals surface area contributed by atoms with Crippen molar-refractivity contribution in [1.82, 2.24) is 10.6 Å². The number of esters is 1. The smallest absolute Gasteiger partial charge is 0.307 e. The first-order valence-corrected chi connectivity index (χ1v) is 11.1. The van der Waals surface area contributed by atoms with Crippen LogP contribution >= 0.6 is 0 Å². The van der Waals surface area contributed by atoms with Crippen LogP contribution in [0.2, 0.25) is 0 Å². The normalized spacial score (nSPS) is 29.9. The van der Waals surface area contributed by atoms with E-state index in [0.717, 1.165) is 42.6 Å². The van der Waals surface area contributed by atoms with Crippen molar-refractivity contribution in [2.75, 3.05) is 7.11 Å². The summed E-state index contributed by atoms with van der Waals surface area (Å²) < 4.78 is 4.62. The van der Waals surface area contributed by atoms with E-state index in [1.807, 2.05) is 12.1 Å². The second kappa shape index (κ2) is 8.40. The first-order chi connectivity index (χ1) is 14.4. The van der Waals surface area contributed by atoms with E-state index < -0.39 is 0 Å². The molecule has 1 aromatic rings. The predicted molar refractivity (Wildman–Crippen MR) is 112 cm³/mol. The third-order valence-corrected chi connectivity index (χ3v) is 7.27. The number of carbonyl (C=O) groups is 3. The van der Waals surface area contributed by atoms with Gasteiger partial charge in [-0.25, -0.2) is 0 Å². The summed E-state index contributed by atoms with van der Waals surface area (Å²) in [6, 6.07) is 6.96. The highest BCUT2D eigenvalue weighted by atomic mass is 16.5. The number of methoxy groups -OCH3 is 1. The highest BCUT2D eigenvalue weighted by Crippen LogP contribution is 2.60. The average molecular weight is 413 g/mol. The van der Waals surface area contributed by atoms with Crippen molar-refractivity contribution in [1.29, 1.82) is 0 Å². The van der Waals surface area contributed by atoms with Crippen molar-refractivity contribution in [2.45, 2.75) is 64.5 Å². The van der Waals surface area contributed by atoms with Crippen LogP contribution in [-0.4, -0.2) is 30.9 Å². The molecule has 0 saturated heterocycles. The van der Waals surface area contributed by atoms with Crippen molar-refractivity contribution < 1.29 is 19.1 Å². The number of nitrogens with one attached hydrogen (secondary N) is 2. The van der Waals surface area contributed by atoms with Crippen LogP contribution in [0.5, 0.6) is 0 Å². The highest BCUT2D eigenvalue weighted by Gasteiger charge is 2.54. The Labute approximate surface area is 178 Å². The van der Waals surface area contributed by atoms with E-state index in [2.05, 4.69) is 15.4 Å². The zero-order valence-corrected chi connectivity index (χ0v) is 17.9. The summed E-state index contributed by atoms with van der Waals surface area (Å²) in [7, 11) is 1.33. The largest absolute Gasteiger partial charge is 0.469 e. The lowest BCUT2D eigenvalue weighted by Crippen LogP contribution is -2.53. The molecule has 162 valence electrons. The Morgan fingerprint density at radius 3 is 2.13 bits per heavy atom. The minimum absolute atomic E-state index is 0.135. The Hall–Kier alpha value is -2.37. The number of hydrogen-bond donors (Lipinski definition) is 2. The van der Waals surface area contributed by atoms with Crippen molar-refractivity contribution in [3.05, 3.63) is 35.4 Å². The van der Waals surface area contributed by atoms with Gasteiger partial charge in [-0.15, -0.1) is 0 Å². The molecular formula is C24H32N2O4. The van der Waals surface area contributed by atoms with Gasteiger partial charge in [-0.2, -0.15) is 0 Å². The monoisotopic (exact) mass is 412 g/mol. The zero-order valence-electron chi connectivity index (χ0n) is 17.9. The second-order valence-electron chi connectivity index (χ2n) is 9.73. The van der Waals surface area contributed by atoms with Gasteiger partial charge < -0.3 is 15.4 Å². The Kier molecular flexibility index (Phi) is 5.85. The molecule has 6 heteroatoms. The molecule has 1 unspecified atom stereocenters. The second-order valence-corrected chi connectivity index (χ2v) is 9.73. The quantitative estimate of drug-likeness (QED) is 0.674. The van der Waals surface area contributed by atoms with E-state index in [1.165, 1.54) is 26.4 Å². The Bertz CT molecular complexity index is 782. The molecule has 0 radical (unpaired) electrons. The topological polar surface area (TPSA) is 84.5 Å². The molecule has 6 nitrogen and oxygen atoms in total. The van der Waals surface area contributed by atoms with E-state index in [0.29, 0.717) is 12.1 Å². The van der Waals surface area contributed by atoms with Gasteiger partial charge in [0, 0.05) is 23.6 Å². The van der Waals surface area contributed by atoms with Crippen LogP contribution in [0.15, 0.2) is 24.3 Å². The summed E-state index contributed by atoms with van der Waals surface area (Å²) in [4.78, 5) is 36.7. The Morgan fingerprint density at radius 1 is 1.03 bits per heavy atom. The fourth-order valence-corrected chi connectivity index (χ4v) is 6.22. The average Bonchev–Trinajstić information content (AvgIpc) is 2.71. The molecule has 4 saturated carbocycles. The SMILES string of the molecule is COC(=O)CC(C)NC(=O)c1ccc(CNC(=O)C23CC4CC(CC(C4)C2)C3)cc1. The fraction of sp³-hybridized carbons (Fsp3) is 0.625. The third-order valence-electron chi connectivity index (χ3n) is 7.27. The summed E-state index contributed by atoms with van der Waals surface area (Å²) in [6.45, 7) is 2.25. The van der Waals surface area contributed by atoms with Crippen molar-refractivity contribution in [3.8, 4) is 0 Å². The van der Waals surface area contributed by atoms with Gasteiger partial charge in [0.05, 0.1) is 13.5 Å². The van der Waals surface area contributed by atoms with Crippen LogP contribution in [0.1, 0.15) is 67.8 Å². The highest BCUT2D eigenvalue weighted by molar-refractivity contribution is 5.94. The fourth-order valence-electron chi connectivity index (χ4n) is 6.22. The maximum atomic E-state index is 13.1. The van der Waals surface area contributed by atoms with Crippen LogP contribution in [0, 0.1) is 23.2 Å². The molecular weight excluding hydrogens is 380 g/mol. The van der Waals surface area contributed by atoms with E-state index in [4.69, 9.17) is 0 Å². The standard InChI is InChI=1S/C24H32N2O4/c1-15(7-21(27)30-2)26-22(28)20-5-3-16(4-6-20)14-25-23(29)24-11-17-8-18(12-24)10-19(9-17)13-24/h3-6,15,17-19H,7-14H2,1-2H3,(H,25,29)(H,26,28). The van der Waals surface area contributed by atoms with Crippen LogP contribution in [-0.2, 0) is 20.9 Å². The summed E-state index contributed by atoms with van der Waals surface area (Å²) in [5.41, 5.74) is 1.37. The number of ether oxygens (including phenoxy) is 1. The number of benzene rings is 1. The number of rotatable bonds is 7. The van der Waals surface area contributed by atoms with Crippen molar-refractivity contribution in [3.63, 3.8) is 0 Å². The van der Waals surface area contributed by atoms with E-state index in [-0.39, 0.29) is 35.7 Å². The van der Waals surface area contributed by atoms with Crippen LogP contribution < -0.4 is 10.6 Å². The van der Waals surface area contributed by atoms with Gasteiger partial charge in [-0.3, -0.25) is 14.4 Å². The maximum absolute atomic E-state index is 13.1. The molecule has 4 aliphatic rings. The van der Waals surface area contributed by atoms with Crippen LogP contribution in [0.25, 0.3) is 0 Å². The number of hydrogen-bond acceptors (Lipinski definition) is 4. The molecule has 1 atom stereocenters. The van der Waals surface area contributed by atoms with Crippen LogP contribution in [0.3, 0.4) is 0 Å². The van der Waals surface area contributed by atoms with Gasteiger partial charge in [0.15, 0.2) is 0 Å². The lowest BCUT2D eigenvalue weighted by molar-refractivity contribution is -0.146. The molecule has 4 aliphatic carbocycles. The zero-order chi connectivity index (χ0) is 21.3. The third kappa shape index (κ3) is 4.37. The summed E-state index contributed by atoms with van der Waals surface area (Å²) in [6.07, 6.45) is 7.31. The summed E-state index contributed by atoms with van der Waals surface area (Å²) in [5, 5.41) is 5.97. The van der Waals surface area contributed by atoms with Gasteiger partial charge in [0.1, 0.15) is 0 Å². The van der Waals surface area contributed by atoms with E-state index in [9.17, 15) is 14.4 Å². The Morgan fingerprint density at radius 2 is 1.60 bits per heavy atom. The van der Waals surface area contributed by atoms with E-state index >= 15 is 0 Å². The lowest BCUT2D eigenvalue weighted by Gasteiger charge is -2.55.